The van der Waals surface area contributed by atoms with Gasteiger partial charge in [-0.05, 0) is 88.9 Å². The lowest BCUT2D eigenvalue weighted by Gasteiger charge is -2.29. The number of rotatable bonds is 8. The molecule has 0 saturated heterocycles. The first-order valence-electron chi connectivity index (χ1n) is 13.0. The van der Waals surface area contributed by atoms with Crippen molar-refractivity contribution >= 4 is 29.3 Å². The molecule has 0 unspecified atom stereocenters. The second-order valence-electron chi connectivity index (χ2n) is 10.9. The van der Waals surface area contributed by atoms with Gasteiger partial charge in [0.2, 0.25) is 0 Å². The summed E-state index contributed by atoms with van der Waals surface area (Å²) in [5.41, 5.74) is 2.78. The van der Waals surface area contributed by atoms with E-state index in [9.17, 15) is 28.3 Å². The normalized spacial score (nSPS) is 12.8. The van der Waals surface area contributed by atoms with E-state index in [1.165, 1.54) is 31.2 Å². The molecule has 0 heterocycles. The molecule has 0 fully saturated rings. The molecular formula is C31H35F2N3O5. The van der Waals surface area contributed by atoms with Crippen molar-refractivity contribution in [3.8, 4) is 11.1 Å². The van der Waals surface area contributed by atoms with Gasteiger partial charge < -0.3 is 25.8 Å². The Balaban J connectivity index is 2.05. The number of hydrogen-bond donors (Lipinski definition) is 4. The number of carbonyl (C=O) groups is 3. The van der Waals surface area contributed by atoms with Crippen LogP contribution in [-0.4, -0.2) is 40.8 Å². The van der Waals surface area contributed by atoms with E-state index >= 15 is 0 Å². The summed E-state index contributed by atoms with van der Waals surface area (Å²) in [4.78, 5) is 38.9. The van der Waals surface area contributed by atoms with Crippen molar-refractivity contribution < 1.29 is 33.0 Å². The number of aryl methyl sites for hydroxylation is 3. The summed E-state index contributed by atoms with van der Waals surface area (Å²) in [6.45, 7) is 12.4. The predicted octanol–water partition coefficient (Wildman–Crippen LogP) is 6.59. The smallest absolute Gasteiger partial charge is 0.328 e. The number of urea groups is 1. The number of carboxylic acid groups (broad SMARTS) is 1. The van der Waals surface area contributed by atoms with Gasteiger partial charge in [0.25, 0.3) is 5.91 Å². The van der Waals surface area contributed by atoms with Crippen LogP contribution in [0.2, 0.25) is 0 Å². The maximum atomic E-state index is 14.2. The van der Waals surface area contributed by atoms with Crippen LogP contribution in [0.1, 0.15) is 54.7 Å². The van der Waals surface area contributed by atoms with Crippen molar-refractivity contribution in [2.75, 3.05) is 10.6 Å². The molecule has 3 aromatic rings. The highest BCUT2D eigenvalue weighted by atomic mass is 19.2. The average Bonchev–Trinajstić information content (AvgIpc) is 2.84. The Labute approximate surface area is 238 Å². The van der Waals surface area contributed by atoms with Gasteiger partial charge in [-0.25, -0.2) is 18.4 Å². The van der Waals surface area contributed by atoms with Crippen molar-refractivity contribution in [1.29, 1.82) is 0 Å². The number of carbonyl (C=O) groups excluding carboxylic acids is 2. The quantitative estimate of drug-likeness (QED) is 0.245. The standard InChI is InChI=1S/C31H35F2N3O5/c1-16-13-17(2)26(18(3)14-16)36-30(40)34-24-10-8-9-21(20-11-12-22(32)23(33)15-20)25(24)28(37)35-27(29(38)39)19(4)41-31(5,6)7/h8-15,19,27H,1-7H3,(H,35,37)(H,38,39)(H2,34,36,40)/t19-,27+/m0/s1. The Hall–Kier alpha value is -4.31. The number of hydrogen-bond acceptors (Lipinski definition) is 4. The van der Waals surface area contributed by atoms with E-state index in [2.05, 4.69) is 16.0 Å². The molecular weight excluding hydrogens is 532 g/mol. The Morgan fingerprint density at radius 2 is 1.54 bits per heavy atom. The van der Waals surface area contributed by atoms with Crippen molar-refractivity contribution in [3.63, 3.8) is 0 Å². The van der Waals surface area contributed by atoms with E-state index in [4.69, 9.17) is 4.74 Å². The maximum Gasteiger partial charge on any atom is 0.328 e. The van der Waals surface area contributed by atoms with Gasteiger partial charge in [-0.3, -0.25) is 4.79 Å². The van der Waals surface area contributed by atoms with Gasteiger partial charge in [0, 0.05) is 5.69 Å². The Morgan fingerprint density at radius 1 is 0.902 bits per heavy atom. The summed E-state index contributed by atoms with van der Waals surface area (Å²) in [6, 6.07) is 9.32. The number of halogens is 2. The van der Waals surface area contributed by atoms with Crippen molar-refractivity contribution in [1.82, 2.24) is 5.32 Å². The summed E-state index contributed by atoms with van der Waals surface area (Å²) < 4.78 is 33.7. The fraction of sp³-hybridized carbons (Fsp3) is 0.323. The number of aliphatic carboxylic acids is 1. The van der Waals surface area contributed by atoms with E-state index in [1.807, 2.05) is 32.9 Å². The minimum atomic E-state index is -1.46. The summed E-state index contributed by atoms with van der Waals surface area (Å²) in [6.07, 6.45) is -0.931. The molecule has 218 valence electrons. The zero-order valence-electron chi connectivity index (χ0n) is 24.1. The topological polar surface area (TPSA) is 117 Å². The van der Waals surface area contributed by atoms with Crippen LogP contribution in [-0.2, 0) is 9.53 Å². The number of carboxylic acids is 1. The predicted molar refractivity (Wildman–Crippen MR) is 154 cm³/mol. The monoisotopic (exact) mass is 567 g/mol. The fourth-order valence-corrected chi connectivity index (χ4v) is 4.67. The summed E-state index contributed by atoms with van der Waals surface area (Å²) in [7, 11) is 0. The summed E-state index contributed by atoms with van der Waals surface area (Å²) in [5, 5.41) is 17.8. The largest absolute Gasteiger partial charge is 0.480 e. The van der Waals surface area contributed by atoms with E-state index < -0.39 is 47.3 Å². The van der Waals surface area contributed by atoms with Gasteiger partial charge in [-0.15, -0.1) is 0 Å². The van der Waals surface area contributed by atoms with Crippen LogP contribution in [0.25, 0.3) is 11.1 Å². The number of nitrogens with one attached hydrogen (secondary N) is 3. The minimum Gasteiger partial charge on any atom is -0.480 e. The van der Waals surface area contributed by atoms with Crippen molar-refractivity contribution in [2.24, 2.45) is 0 Å². The zero-order chi connectivity index (χ0) is 30.6. The Kier molecular flexibility index (Phi) is 9.49. The molecule has 0 aliphatic rings. The third kappa shape index (κ3) is 7.88. The molecule has 0 aliphatic carbocycles. The highest BCUT2D eigenvalue weighted by Crippen LogP contribution is 2.31. The molecule has 0 saturated carbocycles. The Morgan fingerprint density at radius 3 is 2.10 bits per heavy atom. The van der Waals surface area contributed by atoms with Crippen molar-refractivity contribution in [2.45, 2.75) is 66.2 Å². The van der Waals surface area contributed by atoms with Crippen LogP contribution in [0, 0.1) is 32.4 Å². The van der Waals surface area contributed by atoms with Crippen LogP contribution < -0.4 is 16.0 Å². The molecule has 0 spiro atoms. The molecule has 0 aromatic heterocycles. The lowest BCUT2D eigenvalue weighted by atomic mass is 9.96. The lowest BCUT2D eigenvalue weighted by Crippen LogP contribution is -2.50. The molecule has 3 aromatic carbocycles. The maximum absolute atomic E-state index is 14.2. The van der Waals surface area contributed by atoms with Gasteiger partial charge in [0.05, 0.1) is 23.0 Å². The van der Waals surface area contributed by atoms with Crippen LogP contribution in [0.15, 0.2) is 48.5 Å². The lowest BCUT2D eigenvalue weighted by molar-refractivity contribution is -0.146. The zero-order valence-corrected chi connectivity index (χ0v) is 24.1. The minimum absolute atomic E-state index is 0.0261. The van der Waals surface area contributed by atoms with E-state index in [1.54, 1.807) is 20.8 Å². The molecule has 2 atom stereocenters. The van der Waals surface area contributed by atoms with E-state index in [0.717, 1.165) is 28.8 Å². The molecule has 0 aliphatic heterocycles. The second kappa shape index (κ2) is 12.5. The summed E-state index contributed by atoms with van der Waals surface area (Å²) in [5.74, 6) is -4.40. The number of benzene rings is 3. The number of ether oxygens (including phenoxy) is 1. The van der Waals surface area contributed by atoms with E-state index in [0.29, 0.717) is 5.69 Å². The average molecular weight is 568 g/mol. The molecule has 0 bridgehead atoms. The van der Waals surface area contributed by atoms with Crippen LogP contribution in [0.5, 0.6) is 0 Å². The first-order valence-corrected chi connectivity index (χ1v) is 13.0. The highest BCUT2D eigenvalue weighted by Gasteiger charge is 2.32. The number of amides is 3. The Bertz CT molecular complexity index is 1460. The van der Waals surface area contributed by atoms with Crippen molar-refractivity contribution in [3.05, 3.63) is 82.4 Å². The molecule has 41 heavy (non-hydrogen) atoms. The fourth-order valence-electron chi connectivity index (χ4n) is 4.67. The van der Waals surface area contributed by atoms with Gasteiger partial charge in [0.1, 0.15) is 0 Å². The molecule has 8 nitrogen and oxygen atoms in total. The van der Waals surface area contributed by atoms with Gasteiger partial charge >= 0.3 is 12.0 Å². The van der Waals surface area contributed by atoms with Crippen LogP contribution in [0.4, 0.5) is 25.0 Å². The first-order chi connectivity index (χ1) is 19.1. The van der Waals surface area contributed by atoms with E-state index in [-0.39, 0.29) is 22.4 Å². The van der Waals surface area contributed by atoms with Crippen LogP contribution >= 0.6 is 0 Å². The molecule has 0 radical (unpaired) electrons. The number of anilines is 2. The highest BCUT2D eigenvalue weighted by molar-refractivity contribution is 6.11. The molecule has 10 heteroatoms. The third-order valence-electron chi connectivity index (χ3n) is 6.25. The molecule has 3 rings (SSSR count). The molecule has 4 N–H and O–H groups in total. The third-order valence-corrected chi connectivity index (χ3v) is 6.25. The SMILES string of the molecule is Cc1cc(C)c(NC(=O)Nc2cccc(-c3ccc(F)c(F)c3)c2C(=O)N[C@@H](C(=O)O)[C@H](C)OC(C)(C)C)c(C)c1. The van der Waals surface area contributed by atoms with Gasteiger partial charge in [-0.2, -0.15) is 0 Å². The second-order valence-corrected chi connectivity index (χ2v) is 10.9. The summed E-state index contributed by atoms with van der Waals surface area (Å²) >= 11 is 0. The van der Waals surface area contributed by atoms with Gasteiger partial charge in [0.15, 0.2) is 17.7 Å². The molecule has 3 amide bonds. The van der Waals surface area contributed by atoms with Crippen LogP contribution in [0.3, 0.4) is 0 Å². The first kappa shape index (κ1) is 31.2. The van der Waals surface area contributed by atoms with Gasteiger partial charge in [-0.1, -0.05) is 35.9 Å².